The van der Waals surface area contributed by atoms with Gasteiger partial charge < -0.3 is 0 Å². The molecule has 0 atom stereocenters. The zero-order valence-electron chi connectivity index (χ0n) is 6.74. The summed E-state index contributed by atoms with van der Waals surface area (Å²) in [6, 6.07) is 1.34. The van der Waals surface area contributed by atoms with Crippen molar-refractivity contribution in [2.45, 2.75) is 19.8 Å². The fraction of sp³-hybridized carbons (Fsp3) is 0.375. The van der Waals surface area contributed by atoms with Crippen LogP contribution in [0.1, 0.15) is 18.1 Å². The second-order valence-corrected chi connectivity index (χ2v) is 3.10. The lowest BCUT2D eigenvalue weighted by Gasteiger charge is -2.11. The third-order valence-corrected chi connectivity index (χ3v) is 1.75. The predicted octanol–water partition coefficient (Wildman–Crippen LogP) is 3.16. The van der Waals surface area contributed by atoms with Crippen LogP contribution >= 0.6 is 11.6 Å². The van der Waals surface area contributed by atoms with Crippen LogP contribution in [0.15, 0.2) is 12.3 Å². The molecule has 0 spiro atoms. The number of rotatable bonds is 1. The molecule has 0 unspecified atom stereocenters. The van der Waals surface area contributed by atoms with Crippen molar-refractivity contribution >= 4 is 11.6 Å². The van der Waals surface area contributed by atoms with Gasteiger partial charge in [-0.05, 0) is 18.6 Å². The molecular formula is C8H8ClF2N. The lowest BCUT2D eigenvalue weighted by molar-refractivity contribution is 0.0172. The standard InChI is InChI=1S/C8H8ClF2N/c1-5-3-6(8(2,10)11)7(9)12-4-5/h3-4H,1-2H3. The van der Waals surface area contributed by atoms with Crippen molar-refractivity contribution in [3.05, 3.63) is 28.5 Å². The minimum atomic E-state index is -2.92. The minimum Gasteiger partial charge on any atom is -0.244 e. The van der Waals surface area contributed by atoms with E-state index in [1.165, 1.54) is 12.3 Å². The third kappa shape index (κ3) is 1.91. The Morgan fingerprint density at radius 1 is 1.50 bits per heavy atom. The van der Waals surface area contributed by atoms with Gasteiger partial charge in [0.15, 0.2) is 0 Å². The van der Waals surface area contributed by atoms with E-state index in [-0.39, 0.29) is 10.7 Å². The molecule has 0 amide bonds. The minimum absolute atomic E-state index is 0.131. The number of aryl methyl sites for hydroxylation is 1. The molecule has 4 heteroatoms. The number of pyridine rings is 1. The molecule has 0 saturated carbocycles. The van der Waals surface area contributed by atoms with Gasteiger partial charge in [-0.1, -0.05) is 11.6 Å². The number of aromatic nitrogens is 1. The van der Waals surface area contributed by atoms with Crippen molar-refractivity contribution in [1.82, 2.24) is 4.98 Å². The normalized spacial score (nSPS) is 11.8. The summed E-state index contributed by atoms with van der Waals surface area (Å²) in [5.41, 5.74) is 0.458. The number of halogens is 3. The maximum absolute atomic E-state index is 12.8. The van der Waals surface area contributed by atoms with Crippen LogP contribution in [0.4, 0.5) is 8.78 Å². The molecule has 0 radical (unpaired) electrons. The average Bonchev–Trinajstić information content (AvgIpc) is 1.92. The van der Waals surface area contributed by atoms with E-state index >= 15 is 0 Å². The van der Waals surface area contributed by atoms with Gasteiger partial charge in [-0.15, -0.1) is 0 Å². The summed E-state index contributed by atoms with van der Waals surface area (Å²) in [7, 11) is 0. The second-order valence-electron chi connectivity index (χ2n) is 2.74. The van der Waals surface area contributed by atoms with Crippen LogP contribution in [-0.2, 0) is 5.92 Å². The summed E-state index contributed by atoms with van der Waals surface area (Å²) in [5, 5.41) is -0.131. The Morgan fingerprint density at radius 3 is 2.50 bits per heavy atom. The molecule has 0 aliphatic carbocycles. The first-order chi connectivity index (χ1) is 5.41. The highest BCUT2D eigenvalue weighted by Crippen LogP contribution is 2.31. The molecule has 66 valence electrons. The third-order valence-electron chi connectivity index (χ3n) is 1.45. The van der Waals surface area contributed by atoms with Crippen LogP contribution in [0.5, 0.6) is 0 Å². The molecule has 0 aromatic carbocycles. The van der Waals surface area contributed by atoms with E-state index in [1.54, 1.807) is 6.92 Å². The first kappa shape index (κ1) is 9.39. The molecule has 0 bridgehead atoms. The monoisotopic (exact) mass is 191 g/mol. The highest BCUT2D eigenvalue weighted by molar-refractivity contribution is 6.30. The summed E-state index contributed by atoms with van der Waals surface area (Å²) >= 11 is 5.49. The Kier molecular flexibility index (Phi) is 2.33. The number of alkyl halides is 2. The van der Waals surface area contributed by atoms with E-state index in [0.717, 1.165) is 6.92 Å². The van der Waals surface area contributed by atoms with Gasteiger partial charge >= 0.3 is 0 Å². The Balaban J connectivity index is 3.23. The average molecular weight is 192 g/mol. The fourth-order valence-corrected chi connectivity index (χ4v) is 1.13. The topological polar surface area (TPSA) is 12.9 Å². The van der Waals surface area contributed by atoms with Crippen LogP contribution in [-0.4, -0.2) is 4.98 Å². The SMILES string of the molecule is Cc1cnc(Cl)c(C(C)(F)F)c1. The predicted molar refractivity (Wildman–Crippen MR) is 43.6 cm³/mol. The molecular weight excluding hydrogens is 184 g/mol. The molecule has 0 fully saturated rings. The first-order valence-electron chi connectivity index (χ1n) is 3.41. The summed E-state index contributed by atoms with van der Waals surface area (Å²) in [6.45, 7) is 2.49. The van der Waals surface area contributed by atoms with E-state index < -0.39 is 5.92 Å². The Bertz CT molecular complexity index is 294. The Labute approximate surface area is 74.4 Å². The van der Waals surface area contributed by atoms with Crippen molar-refractivity contribution in [2.75, 3.05) is 0 Å². The van der Waals surface area contributed by atoms with Crippen LogP contribution in [0, 0.1) is 6.92 Å². The van der Waals surface area contributed by atoms with E-state index in [2.05, 4.69) is 4.98 Å². The van der Waals surface area contributed by atoms with Gasteiger partial charge in [-0.25, -0.2) is 13.8 Å². The van der Waals surface area contributed by atoms with Gasteiger partial charge in [-0.3, -0.25) is 0 Å². The molecule has 1 nitrogen and oxygen atoms in total. The van der Waals surface area contributed by atoms with Crippen molar-refractivity contribution in [3.8, 4) is 0 Å². The molecule has 0 saturated heterocycles. The van der Waals surface area contributed by atoms with E-state index in [9.17, 15) is 8.78 Å². The Hall–Kier alpha value is -0.700. The lowest BCUT2D eigenvalue weighted by atomic mass is 10.1. The van der Waals surface area contributed by atoms with Gasteiger partial charge in [0.1, 0.15) is 5.15 Å². The highest BCUT2D eigenvalue weighted by atomic mass is 35.5. The molecule has 1 rings (SSSR count). The van der Waals surface area contributed by atoms with Crippen molar-refractivity contribution in [2.24, 2.45) is 0 Å². The van der Waals surface area contributed by atoms with Crippen LogP contribution in [0.2, 0.25) is 5.15 Å². The molecule has 0 N–H and O–H groups in total. The summed E-state index contributed by atoms with van der Waals surface area (Å²) in [5.74, 6) is -2.92. The number of hydrogen-bond donors (Lipinski definition) is 0. The molecule has 1 aromatic heterocycles. The van der Waals surface area contributed by atoms with Crippen molar-refractivity contribution in [3.63, 3.8) is 0 Å². The summed E-state index contributed by atoms with van der Waals surface area (Å²) in [6.07, 6.45) is 1.46. The highest BCUT2D eigenvalue weighted by Gasteiger charge is 2.27. The quantitative estimate of drug-likeness (QED) is 0.622. The maximum Gasteiger partial charge on any atom is 0.273 e. The fourth-order valence-electron chi connectivity index (χ4n) is 0.860. The van der Waals surface area contributed by atoms with Gasteiger partial charge in [0.05, 0.1) is 5.56 Å². The number of nitrogens with zero attached hydrogens (tertiary/aromatic N) is 1. The Morgan fingerprint density at radius 2 is 2.08 bits per heavy atom. The van der Waals surface area contributed by atoms with Gasteiger partial charge in [0, 0.05) is 13.1 Å². The first-order valence-corrected chi connectivity index (χ1v) is 3.79. The number of hydrogen-bond acceptors (Lipinski definition) is 1. The van der Waals surface area contributed by atoms with Gasteiger partial charge in [0.2, 0.25) is 0 Å². The second kappa shape index (κ2) is 2.98. The zero-order valence-corrected chi connectivity index (χ0v) is 7.49. The van der Waals surface area contributed by atoms with Crippen LogP contribution in [0.25, 0.3) is 0 Å². The molecule has 1 aromatic rings. The molecule has 1 heterocycles. The van der Waals surface area contributed by atoms with Gasteiger partial charge in [0.25, 0.3) is 5.92 Å². The van der Waals surface area contributed by atoms with Gasteiger partial charge in [-0.2, -0.15) is 0 Å². The van der Waals surface area contributed by atoms with Crippen molar-refractivity contribution < 1.29 is 8.78 Å². The molecule has 0 aliphatic rings. The lowest BCUT2D eigenvalue weighted by Crippen LogP contribution is -2.08. The van der Waals surface area contributed by atoms with E-state index in [0.29, 0.717) is 5.56 Å². The van der Waals surface area contributed by atoms with Crippen LogP contribution < -0.4 is 0 Å². The van der Waals surface area contributed by atoms with Crippen LogP contribution in [0.3, 0.4) is 0 Å². The summed E-state index contributed by atoms with van der Waals surface area (Å²) < 4.78 is 25.5. The smallest absolute Gasteiger partial charge is 0.244 e. The molecule has 12 heavy (non-hydrogen) atoms. The van der Waals surface area contributed by atoms with Crippen molar-refractivity contribution in [1.29, 1.82) is 0 Å². The maximum atomic E-state index is 12.8. The molecule has 0 aliphatic heterocycles. The van der Waals surface area contributed by atoms with E-state index in [4.69, 9.17) is 11.6 Å². The summed E-state index contributed by atoms with van der Waals surface area (Å²) in [4.78, 5) is 3.63. The van der Waals surface area contributed by atoms with E-state index in [1.807, 2.05) is 0 Å². The largest absolute Gasteiger partial charge is 0.273 e. The zero-order chi connectivity index (χ0) is 9.35.